The van der Waals surface area contributed by atoms with Crippen LogP contribution >= 0.6 is 11.6 Å². The number of hydrogen-bond acceptors (Lipinski definition) is 6. The third-order valence-corrected chi connectivity index (χ3v) is 5.38. The normalized spacial score (nSPS) is 13.0. The number of hydrogen-bond donors (Lipinski definition) is 1. The second kappa shape index (κ2) is 8.33. The van der Waals surface area contributed by atoms with Crippen LogP contribution in [0.25, 0.3) is 10.8 Å². The first kappa shape index (κ1) is 20.8. The van der Waals surface area contributed by atoms with E-state index >= 15 is 0 Å². The predicted molar refractivity (Wildman–Crippen MR) is 117 cm³/mol. The number of nitro benzene ring substituents is 1. The summed E-state index contributed by atoms with van der Waals surface area (Å²) < 4.78 is 5.01. The zero-order chi connectivity index (χ0) is 22.1. The summed E-state index contributed by atoms with van der Waals surface area (Å²) in [5.74, 6) is -0.976. The Kier molecular flexibility index (Phi) is 5.58. The van der Waals surface area contributed by atoms with Crippen molar-refractivity contribution < 1.29 is 19.2 Å². The van der Waals surface area contributed by atoms with E-state index in [0.717, 1.165) is 4.90 Å². The second-order valence-electron chi connectivity index (χ2n) is 7.04. The van der Waals surface area contributed by atoms with Crippen LogP contribution in [0.1, 0.15) is 27.1 Å². The summed E-state index contributed by atoms with van der Waals surface area (Å²) >= 11 is 5.93. The van der Waals surface area contributed by atoms with Crippen LogP contribution in [0.4, 0.5) is 17.1 Å². The van der Waals surface area contributed by atoms with Crippen LogP contribution in [0.15, 0.2) is 48.5 Å². The van der Waals surface area contributed by atoms with E-state index in [1.807, 2.05) is 0 Å². The SMILES string of the molecule is COCCCN1C(=O)c2cccc3c(Nc4ccc(Cl)cc4)c([N+](=O)[O-])cc(c23)C1=O. The molecule has 1 aliphatic rings. The zero-order valence-corrected chi connectivity index (χ0v) is 17.3. The molecule has 0 unspecified atom stereocenters. The van der Waals surface area contributed by atoms with Crippen molar-refractivity contribution >= 4 is 51.2 Å². The first-order valence-corrected chi connectivity index (χ1v) is 9.92. The van der Waals surface area contributed by atoms with Crippen LogP contribution in [0.5, 0.6) is 0 Å². The number of methoxy groups -OCH3 is 1. The molecule has 0 aliphatic carbocycles. The van der Waals surface area contributed by atoms with Crippen molar-refractivity contribution in [3.8, 4) is 0 Å². The molecule has 0 aromatic heterocycles. The fourth-order valence-corrected chi connectivity index (χ4v) is 3.85. The number of ether oxygens (including phenoxy) is 1. The lowest BCUT2D eigenvalue weighted by molar-refractivity contribution is -0.383. The topological polar surface area (TPSA) is 102 Å². The number of nitrogens with one attached hydrogen (secondary N) is 1. The van der Waals surface area contributed by atoms with E-state index in [1.54, 1.807) is 42.5 Å². The van der Waals surface area contributed by atoms with E-state index in [1.165, 1.54) is 13.2 Å². The van der Waals surface area contributed by atoms with Gasteiger partial charge in [0.05, 0.1) is 10.5 Å². The molecular weight excluding hydrogens is 422 g/mol. The highest BCUT2D eigenvalue weighted by atomic mass is 35.5. The van der Waals surface area contributed by atoms with Gasteiger partial charge >= 0.3 is 0 Å². The molecule has 2 amide bonds. The van der Waals surface area contributed by atoms with Crippen molar-refractivity contribution in [3.63, 3.8) is 0 Å². The Morgan fingerprint density at radius 3 is 2.48 bits per heavy atom. The van der Waals surface area contributed by atoms with Crippen molar-refractivity contribution in [1.29, 1.82) is 0 Å². The molecule has 0 atom stereocenters. The minimum atomic E-state index is -0.550. The number of carbonyl (C=O) groups excluding carboxylic acids is 2. The fraction of sp³-hybridized carbons (Fsp3) is 0.182. The van der Waals surface area contributed by atoms with Crippen molar-refractivity contribution in [2.24, 2.45) is 0 Å². The number of halogens is 1. The molecule has 4 rings (SSSR count). The van der Waals surface area contributed by atoms with E-state index < -0.39 is 16.7 Å². The maximum absolute atomic E-state index is 13.1. The van der Waals surface area contributed by atoms with Gasteiger partial charge in [-0.25, -0.2) is 0 Å². The lowest BCUT2D eigenvalue weighted by Crippen LogP contribution is -2.41. The van der Waals surface area contributed by atoms with Gasteiger partial charge in [0.25, 0.3) is 17.5 Å². The second-order valence-corrected chi connectivity index (χ2v) is 7.48. The molecule has 1 aliphatic heterocycles. The van der Waals surface area contributed by atoms with Crippen LogP contribution in [-0.2, 0) is 4.74 Å². The summed E-state index contributed by atoms with van der Waals surface area (Å²) in [5, 5.41) is 16.3. The van der Waals surface area contributed by atoms with Gasteiger partial charge in [0, 0.05) is 53.4 Å². The summed E-state index contributed by atoms with van der Waals surface area (Å²) in [6.07, 6.45) is 0.470. The van der Waals surface area contributed by atoms with Gasteiger partial charge in [-0.05, 0) is 36.8 Å². The molecule has 158 valence electrons. The smallest absolute Gasteiger partial charge is 0.294 e. The number of nitrogens with zero attached hydrogens (tertiary/aromatic N) is 2. The highest BCUT2D eigenvalue weighted by Crippen LogP contribution is 2.41. The molecule has 0 saturated heterocycles. The molecule has 1 N–H and O–H groups in total. The van der Waals surface area contributed by atoms with Gasteiger partial charge in [-0.1, -0.05) is 23.7 Å². The van der Waals surface area contributed by atoms with Crippen molar-refractivity contribution in [2.75, 3.05) is 25.6 Å². The van der Waals surface area contributed by atoms with Gasteiger partial charge in [0.15, 0.2) is 0 Å². The third kappa shape index (κ3) is 3.71. The van der Waals surface area contributed by atoms with E-state index in [2.05, 4.69) is 5.32 Å². The average Bonchev–Trinajstić information content (AvgIpc) is 2.76. The molecule has 0 radical (unpaired) electrons. The maximum atomic E-state index is 13.1. The molecule has 1 heterocycles. The summed E-state index contributed by atoms with van der Waals surface area (Å²) in [5.41, 5.74) is 1.01. The molecule has 0 bridgehead atoms. The first-order chi connectivity index (χ1) is 14.9. The van der Waals surface area contributed by atoms with Gasteiger partial charge in [-0.3, -0.25) is 24.6 Å². The monoisotopic (exact) mass is 439 g/mol. The minimum Gasteiger partial charge on any atom is -0.385 e. The fourth-order valence-electron chi connectivity index (χ4n) is 3.72. The number of anilines is 2. The van der Waals surface area contributed by atoms with Crippen LogP contribution in [0.2, 0.25) is 5.02 Å². The minimum absolute atomic E-state index is 0.135. The molecule has 9 heteroatoms. The Bertz CT molecular complexity index is 1210. The Balaban J connectivity index is 1.89. The summed E-state index contributed by atoms with van der Waals surface area (Å²) in [7, 11) is 1.54. The lowest BCUT2D eigenvalue weighted by Gasteiger charge is -2.27. The molecule has 8 nitrogen and oxygen atoms in total. The van der Waals surface area contributed by atoms with Crippen molar-refractivity contribution in [3.05, 3.63) is 74.8 Å². The van der Waals surface area contributed by atoms with Gasteiger partial charge in [-0.15, -0.1) is 0 Å². The highest BCUT2D eigenvalue weighted by molar-refractivity contribution is 6.30. The molecule has 3 aromatic rings. The largest absolute Gasteiger partial charge is 0.385 e. The summed E-state index contributed by atoms with van der Waals surface area (Å²) in [6.45, 7) is 0.554. The van der Waals surface area contributed by atoms with E-state index in [0.29, 0.717) is 40.1 Å². The number of amides is 2. The Morgan fingerprint density at radius 2 is 1.81 bits per heavy atom. The Labute approximate surface area is 182 Å². The van der Waals surface area contributed by atoms with Crippen LogP contribution < -0.4 is 5.32 Å². The Hall–Kier alpha value is -3.49. The molecule has 3 aromatic carbocycles. The summed E-state index contributed by atoms with van der Waals surface area (Å²) in [6, 6.07) is 12.9. The van der Waals surface area contributed by atoms with E-state index in [9.17, 15) is 19.7 Å². The van der Waals surface area contributed by atoms with Gasteiger partial charge < -0.3 is 10.1 Å². The van der Waals surface area contributed by atoms with E-state index in [4.69, 9.17) is 16.3 Å². The predicted octanol–water partition coefficient (Wildman–Crippen LogP) is 4.78. The van der Waals surface area contributed by atoms with Crippen LogP contribution in [0.3, 0.4) is 0 Å². The molecular formula is C22H18ClN3O5. The Morgan fingerprint density at radius 1 is 1.10 bits per heavy atom. The number of rotatable bonds is 7. The van der Waals surface area contributed by atoms with Crippen LogP contribution in [-0.4, -0.2) is 41.9 Å². The zero-order valence-electron chi connectivity index (χ0n) is 16.6. The maximum Gasteiger partial charge on any atom is 0.294 e. The van der Waals surface area contributed by atoms with Crippen molar-refractivity contribution in [2.45, 2.75) is 6.42 Å². The third-order valence-electron chi connectivity index (χ3n) is 5.13. The number of nitro groups is 1. The molecule has 0 saturated carbocycles. The van der Waals surface area contributed by atoms with Gasteiger partial charge in [-0.2, -0.15) is 0 Å². The van der Waals surface area contributed by atoms with Gasteiger partial charge in [0.1, 0.15) is 5.69 Å². The standard InChI is InChI=1S/C22H18ClN3O5/c1-31-11-3-10-25-21(27)16-5-2-4-15-19(16)17(22(25)28)12-18(26(29)30)20(15)24-14-8-6-13(23)7-9-14/h2,4-9,12,24H,3,10-11H2,1H3. The van der Waals surface area contributed by atoms with Crippen LogP contribution in [0, 0.1) is 10.1 Å². The van der Waals surface area contributed by atoms with Crippen molar-refractivity contribution in [1.82, 2.24) is 4.90 Å². The first-order valence-electron chi connectivity index (χ1n) is 9.54. The summed E-state index contributed by atoms with van der Waals surface area (Å²) in [4.78, 5) is 38.6. The lowest BCUT2D eigenvalue weighted by atomic mass is 9.92. The quantitative estimate of drug-likeness (QED) is 0.246. The molecule has 31 heavy (non-hydrogen) atoms. The number of imide groups is 1. The average molecular weight is 440 g/mol. The number of carbonyl (C=O) groups is 2. The molecule has 0 fully saturated rings. The van der Waals surface area contributed by atoms with E-state index in [-0.39, 0.29) is 23.5 Å². The van der Waals surface area contributed by atoms with Gasteiger partial charge in [0.2, 0.25) is 0 Å². The highest BCUT2D eigenvalue weighted by Gasteiger charge is 2.35. The molecule has 0 spiro atoms. The number of benzene rings is 3.